The molecule has 0 saturated carbocycles. The molecule has 2 heterocycles. The van der Waals surface area contributed by atoms with E-state index in [1.165, 1.54) is 42.4 Å². The Kier molecular flexibility index (Phi) is 3.58. The van der Waals surface area contributed by atoms with Crippen LogP contribution in [-0.4, -0.2) is 48.0 Å². The molecule has 3 rings (SSSR count). The lowest BCUT2D eigenvalue weighted by Gasteiger charge is -2.36. The van der Waals surface area contributed by atoms with E-state index >= 15 is 0 Å². The summed E-state index contributed by atoms with van der Waals surface area (Å²) in [5, 5.41) is 1.32. The zero-order valence-corrected chi connectivity index (χ0v) is 11.9. The summed E-state index contributed by atoms with van der Waals surface area (Å²) >= 11 is 0. The van der Waals surface area contributed by atoms with Gasteiger partial charge in [0.2, 0.25) is 0 Å². The Morgan fingerprint density at radius 2 is 2.21 bits per heavy atom. The van der Waals surface area contributed by atoms with Gasteiger partial charge in [0.15, 0.2) is 0 Å². The lowest BCUT2D eigenvalue weighted by Crippen LogP contribution is -2.44. The summed E-state index contributed by atoms with van der Waals surface area (Å²) < 4.78 is 0. The van der Waals surface area contributed by atoms with Crippen LogP contribution in [0.1, 0.15) is 18.4 Å². The van der Waals surface area contributed by atoms with Crippen molar-refractivity contribution in [3.05, 3.63) is 36.0 Å². The third-order valence-electron chi connectivity index (χ3n) is 4.28. The molecule has 1 aromatic carbocycles. The van der Waals surface area contributed by atoms with Crippen molar-refractivity contribution in [3.63, 3.8) is 0 Å². The number of fused-ring (bicyclic) bond motifs is 1. The van der Waals surface area contributed by atoms with Crippen LogP contribution in [-0.2, 0) is 6.54 Å². The first-order valence-corrected chi connectivity index (χ1v) is 7.18. The van der Waals surface area contributed by atoms with E-state index in [2.05, 4.69) is 53.1 Å². The Morgan fingerprint density at radius 3 is 3.05 bits per heavy atom. The van der Waals surface area contributed by atoms with Crippen molar-refractivity contribution in [1.29, 1.82) is 0 Å². The fraction of sp³-hybridized carbons (Fsp3) is 0.500. The molecule has 0 amide bonds. The SMILES string of the molecule is CN(C)[C@H]1CCCN(Cc2cccc3cc[nH]c23)C1. The van der Waals surface area contributed by atoms with Gasteiger partial charge >= 0.3 is 0 Å². The van der Waals surface area contributed by atoms with Crippen LogP contribution < -0.4 is 0 Å². The van der Waals surface area contributed by atoms with Crippen molar-refractivity contribution >= 4 is 10.9 Å². The number of rotatable bonds is 3. The van der Waals surface area contributed by atoms with Gasteiger partial charge < -0.3 is 9.88 Å². The van der Waals surface area contributed by atoms with E-state index in [4.69, 9.17) is 0 Å². The maximum absolute atomic E-state index is 3.37. The second-order valence-corrected chi connectivity index (χ2v) is 5.85. The first-order chi connectivity index (χ1) is 9.24. The summed E-state index contributed by atoms with van der Waals surface area (Å²) in [5.41, 5.74) is 2.72. The summed E-state index contributed by atoms with van der Waals surface area (Å²) in [6.45, 7) is 3.47. The van der Waals surface area contributed by atoms with E-state index in [1.54, 1.807) is 0 Å². The van der Waals surface area contributed by atoms with Crippen LogP contribution in [0.25, 0.3) is 10.9 Å². The summed E-state index contributed by atoms with van der Waals surface area (Å²) in [5.74, 6) is 0. The number of hydrogen-bond acceptors (Lipinski definition) is 2. The molecule has 19 heavy (non-hydrogen) atoms. The van der Waals surface area contributed by atoms with Gasteiger partial charge in [-0.25, -0.2) is 0 Å². The molecule has 0 aliphatic carbocycles. The first-order valence-electron chi connectivity index (χ1n) is 7.18. The molecule has 3 nitrogen and oxygen atoms in total. The molecular weight excluding hydrogens is 234 g/mol. The second-order valence-electron chi connectivity index (χ2n) is 5.85. The molecule has 1 fully saturated rings. The summed E-state index contributed by atoms with van der Waals surface area (Å²) in [6, 6.07) is 9.44. The molecule has 1 aliphatic heterocycles. The topological polar surface area (TPSA) is 22.3 Å². The van der Waals surface area contributed by atoms with Gasteiger partial charge in [0.1, 0.15) is 0 Å². The number of benzene rings is 1. The minimum absolute atomic E-state index is 0.705. The maximum Gasteiger partial charge on any atom is 0.0499 e. The van der Waals surface area contributed by atoms with Gasteiger partial charge in [0, 0.05) is 30.8 Å². The number of nitrogens with one attached hydrogen (secondary N) is 1. The highest BCUT2D eigenvalue weighted by atomic mass is 15.2. The van der Waals surface area contributed by atoms with E-state index in [1.807, 2.05) is 6.20 Å². The Hall–Kier alpha value is -1.32. The van der Waals surface area contributed by atoms with Gasteiger partial charge in [-0.3, -0.25) is 4.90 Å². The predicted octanol–water partition coefficient (Wildman–Crippen LogP) is 2.69. The number of piperidine rings is 1. The minimum atomic E-state index is 0.705. The molecule has 3 heteroatoms. The average Bonchev–Trinajstić information content (AvgIpc) is 2.88. The number of aromatic nitrogens is 1. The fourth-order valence-electron chi connectivity index (χ4n) is 3.12. The zero-order valence-electron chi connectivity index (χ0n) is 11.9. The third kappa shape index (κ3) is 2.67. The van der Waals surface area contributed by atoms with Crippen LogP contribution in [0.4, 0.5) is 0 Å². The summed E-state index contributed by atoms with van der Waals surface area (Å²) in [7, 11) is 4.39. The molecule has 1 aromatic heterocycles. The second kappa shape index (κ2) is 5.35. The number of nitrogens with zero attached hydrogens (tertiary/aromatic N) is 2. The molecule has 1 N–H and O–H groups in total. The molecule has 0 spiro atoms. The summed E-state index contributed by atoms with van der Waals surface area (Å²) in [4.78, 5) is 8.32. The standard InChI is InChI=1S/C16H23N3/c1-18(2)15-7-4-10-19(12-15)11-14-6-3-5-13-8-9-17-16(13)14/h3,5-6,8-9,15,17H,4,7,10-12H2,1-2H3/t15-/m0/s1. The highest BCUT2D eigenvalue weighted by molar-refractivity contribution is 5.82. The van der Waals surface area contributed by atoms with E-state index in [0.29, 0.717) is 6.04 Å². The lowest BCUT2D eigenvalue weighted by atomic mass is 10.0. The predicted molar refractivity (Wildman–Crippen MR) is 80.3 cm³/mol. The van der Waals surface area contributed by atoms with E-state index < -0.39 is 0 Å². The third-order valence-corrected chi connectivity index (χ3v) is 4.28. The highest BCUT2D eigenvalue weighted by Crippen LogP contribution is 2.21. The quantitative estimate of drug-likeness (QED) is 0.913. The van der Waals surface area contributed by atoms with Crippen molar-refractivity contribution in [2.75, 3.05) is 27.2 Å². The Labute approximate surface area is 115 Å². The van der Waals surface area contributed by atoms with Crippen LogP contribution in [0.5, 0.6) is 0 Å². The molecule has 1 aliphatic rings. The lowest BCUT2D eigenvalue weighted by molar-refractivity contribution is 0.128. The van der Waals surface area contributed by atoms with Gasteiger partial charge in [-0.15, -0.1) is 0 Å². The fourth-order valence-corrected chi connectivity index (χ4v) is 3.12. The molecule has 102 valence electrons. The molecular formula is C16H23N3. The van der Waals surface area contributed by atoms with Crippen molar-refractivity contribution < 1.29 is 0 Å². The van der Waals surface area contributed by atoms with Gasteiger partial charge in [0.25, 0.3) is 0 Å². The van der Waals surface area contributed by atoms with Crippen LogP contribution in [0.2, 0.25) is 0 Å². The number of para-hydroxylation sites is 1. The molecule has 1 atom stereocenters. The number of likely N-dealkylation sites (tertiary alicyclic amines) is 1. The van der Waals surface area contributed by atoms with Crippen molar-refractivity contribution in [2.45, 2.75) is 25.4 Å². The smallest absolute Gasteiger partial charge is 0.0499 e. The number of likely N-dealkylation sites (N-methyl/N-ethyl adjacent to an activating group) is 1. The van der Waals surface area contributed by atoms with Crippen LogP contribution in [0.3, 0.4) is 0 Å². The minimum Gasteiger partial charge on any atom is -0.361 e. The molecule has 2 aromatic rings. The maximum atomic E-state index is 3.37. The largest absolute Gasteiger partial charge is 0.361 e. The molecule has 0 bridgehead atoms. The van der Waals surface area contributed by atoms with Crippen LogP contribution in [0.15, 0.2) is 30.5 Å². The monoisotopic (exact) mass is 257 g/mol. The van der Waals surface area contributed by atoms with Gasteiger partial charge in [-0.1, -0.05) is 18.2 Å². The van der Waals surface area contributed by atoms with E-state index in [0.717, 1.165) is 6.54 Å². The Morgan fingerprint density at radius 1 is 1.32 bits per heavy atom. The van der Waals surface area contributed by atoms with Crippen molar-refractivity contribution in [1.82, 2.24) is 14.8 Å². The average molecular weight is 257 g/mol. The normalized spacial score (nSPS) is 21.3. The van der Waals surface area contributed by atoms with Crippen LogP contribution in [0, 0.1) is 0 Å². The molecule has 1 saturated heterocycles. The number of H-pyrrole nitrogens is 1. The number of hydrogen-bond donors (Lipinski definition) is 1. The first kappa shape index (κ1) is 12.7. The number of aromatic amines is 1. The molecule has 0 unspecified atom stereocenters. The van der Waals surface area contributed by atoms with E-state index in [9.17, 15) is 0 Å². The Balaban J connectivity index is 1.75. The highest BCUT2D eigenvalue weighted by Gasteiger charge is 2.21. The van der Waals surface area contributed by atoms with Gasteiger partial charge in [-0.05, 0) is 50.5 Å². The Bertz CT molecular complexity index is 544. The van der Waals surface area contributed by atoms with E-state index in [-0.39, 0.29) is 0 Å². The summed E-state index contributed by atoms with van der Waals surface area (Å²) in [6.07, 6.45) is 4.67. The van der Waals surface area contributed by atoms with Gasteiger partial charge in [0.05, 0.1) is 0 Å². The van der Waals surface area contributed by atoms with Crippen molar-refractivity contribution in [3.8, 4) is 0 Å². The zero-order chi connectivity index (χ0) is 13.2. The van der Waals surface area contributed by atoms with Gasteiger partial charge in [-0.2, -0.15) is 0 Å². The molecule has 0 radical (unpaired) electrons. The van der Waals surface area contributed by atoms with Crippen LogP contribution >= 0.6 is 0 Å². The van der Waals surface area contributed by atoms with Crippen molar-refractivity contribution in [2.24, 2.45) is 0 Å².